The Labute approximate surface area is 181 Å². The first-order chi connectivity index (χ1) is 15.1. The van der Waals surface area contributed by atoms with E-state index in [0.717, 1.165) is 23.9 Å². The summed E-state index contributed by atoms with van der Waals surface area (Å²) in [6.45, 7) is 4.65. The van der Waals surface area contributed by atoms with Crippen molar-refractivity contribution in [2.45, 2.75) is 20.3 Å². The molecule has 0 aliphatic rings. The summed E-state index contributed by atoms with van der Waals surface area (Å²) in [5.74, 6) is 0.907. The van der Waals surface area contributed by atoms with Gasteiger partial charge in [-0.2, -0.15) is 9.97 Å². The predicted octanol–water partition coefficient (Wildman–Crippen LogP) is 4.79. The lowest BCUT2D eigenvalue weighted by Crippen LogP contribution is -2.08. The van der Waals surface area contributed by atoms with Crippen LogP contribution in [0.5, 0.6) is 11.8 Å². The number of benzene rings is 2. The fourth-order valence-electron chi connectivity index (χ4n) is 2.75. The second-order valence-corrected chi connectivity index (χ2v) is 6.13. The lowest BCUT2D eigenvalue weighted by atomic mass is 10.1. The number of hydrogen-bond acceptors (Lipinski definition) is 7. The zero-order valence-electron chi connectivity index (χ0n) is 18.1. The van der Waals surface area contributed by atoms with Gasteiger partial charge in [-0.25, -0.2) is 4.39 Å². The number of anilines is 1. The summed E-state index contributed by atoms with van der Waals surface area (Å²) in [6.07, 6.45) is 1.82. The van der Waals surface area contributed by atoms with Gasteiger partial charge in [-0.05, 0) is 42.3 Å². The van der Waals surface area contributed by atoms with Gasteiger partial charge in [0.15, 0.2) is 0 Å². The molecule has 164 valence electrons. The molecule has 0 aliphatic heterocycles. The van der Waals surface area contributed by atoms with Gasteiger partial charge in [-0.15, -0.1) is 0 Å². The normalized spacial score (nSPS) is 10.4. The third kappa shape index (κ3) is 6.67. The molecule has 0 fully saturated rings. The Morgan fingerprint density at radius 1 is 1.03 bits per heavy atom. The molecule has 0 radical (unpaired) electrons. The topological polar surface area (TPSA) is 88.9 Å². The third-order valence-corrected chi connectivity index (χ3v) is 4.26. The Bertz CT molecular complexity index is 995. The van der Waals surface area contributed by atoms with Crippen molar-refractivity contribution in [2.24, 2.45) is 5.16 Å². The Balaban J connectivity index is 0.00000166. The minimum atomic E-state index is -0.495. The SMILES string of the molecule is CC.COc1ccc(CCNc2cc(-c3ccc(F)c(/C=N\O)c3)nc(OC)n2)cc1. The standard InChI is InChI=1S/C21H21FN4O3.C2H6/c1-28-17-6-3-14(4-7-17)9-10-23-20-12-19(25-21(26-20)29-2)15-5-8-18(22)16(11-15)13-24-27;1-2/h3-8,11-13,27H,9-10H2,1-2H3,(H,23,25,26);1-2H3/b24-13-;. The molecule has 2 N–H and O–H groups in total. The molecule has 1 aromatic heterocycles. The van der Waals surface area contributed by atoms with Crippen molar-refractivity contribution in [3.05, 3.63) is 65.5 Å². The summed E-state index contributed by atoms with van der Waals surface area (Å²) in [5.41, 5.74) is 2.50. The van der Waals surface area contributed by atoms with E-state index in [4.69, 9.17) is 14.7 Å². The van der Waals surface area contributed by atoms with Crippen LogP contribution in [0.25, 0.3) is 11.3 Å². The van der Waals surface area contributed by atoms with E-state index in [1.54, 1.807) is 19.2 Å². The van der Waals surface area contributed by atoms with Crippen LogP contribution in [-0.4, -0.2) is 42.2 Å². The molecule has 3 aromatic rings. The Morgan fingerprint density at radius 3 is 2.42 bits per heavy atom. The summed E-state index contributed by atoms with van der Waals surface area (Å²) in [4.78, 5) is 8.63. The highest BCUT2D eigenvalue weighted by Gasteiger charge is 2.10. The lowest BCUT2D eigenvalue weighted by molar-refractivity contribution is 0.321. The molecule has 3 rings (SSSR count). The molecule has 8 heteroatoms. The third-order valence-electron chi connectivity index (χ3n) is 4.26. The lowest BCUT2D eigenvalue weighted by Gasteiger charge is -2.10. The largest absolute Gasteiger partial charge is 0.497 e. The summed E-state index contributed by atoms with van der Waals surface area (Å²) in [7, 11) is 3.12. The van der Waals surface area contributed by atoms with Crippen LogP contribution in [0.3, 0.4) is 0 Å². The number of ether oxygens (including phenoxy) is 2. The highest BCUT2D eigenvalue weighted by atomic mass is 19.1. The van der Waals surface area contributed by atoms with E-state index in [1.165, 1.54) is 19.2 Å². The van der Waals surface area contributed by atoms with E-state index in [2.05, 4.69) is 20.4 Å². The number of rotatable bonds is 8. The summed E-state index contributed by atoms with van der Waals surface area (Å²) in [5, 5.41) is 14.8. The van der Waals surface area contributed by atoms with Crippen LogP contribution in [0.4, 0.5) is 10.2 Å². The summed E-state index contributed by atoms with van der Waals surface area (Å²) < 4.78 is 24.1. The van der Waals surface area contributed by atoms with Gasteiger partial charge >= 0.3 is 6.01 Å². The number of aromatic nitrogens is 2. The van der Waals surface area contributed by atoms with Gasteiger partial charge < -0.3 is 20.0 Å². The Morgan fingerprint density at radius 2 is 1.77 bits per heavy atom. The van der Waals surface area contributed by atoms with Crippen molar-refractivity contribution >= 4 is 12.0 Å². The first kappa shape index (κ1) is 23.6. The van der Waals surface area contributed by atoms with E-state index in [1.807, 2.05) is 38.1 Å². The molecule has 0 amide bonds. The van der Waals surface area contributed by atoms with Crippen molar-refractivity contribution < 1.29 is 19.1 Å². The first-order valence-electron chi connectivity index (χ1n) is 9.90. The van der Waals surface area contributed by atoms with Crippen LogP contribution in [-0.2, 0) is 6.42 Å². The van der Waals surface area contributed by atoms with Crippen molar-refractivity contribution in [2.75, 3.05) is 26.1 Å². The number of methoxy groups -OCH3 is 2. The van der Waals surface area contributed by atoms with E-state index in [0.29, 0.717) is 23.6 Å². The van der Waals surface area contributed by atoms with Crippen LogP contribution >= 0.6 is 0 Å². The van der Waals surface area contributed by atoms with Crippen LogP contribution in [0.1, 0.15) is 25.0 Å². The zero-order valence-corrected chi connectivity index (χ0v) is 18.1. The fraction of sp³-hybridized carbons (Fsp3) is 0.261. The molecule has 7 nitrogen and oxygen atoms in total. The number of halogens is 1. The predicted molar refractivity (Wildman–Crippen MR) is 120 cm³/mol. The smallest absolute Gasteiger partial charge is 0.318 e. The highest BCUT2D eigenvalue weighted by molar-refractivity contribution is 5.82. The number of oxime groups is 1. The maximum atomic E-state index is 13.8. The maximum Gasteiger partial charge on any atom is 0.318 e. The quantitative estimate of drug-likeness (QED) is 0.306. The summed E-state index contributed by atoms with van der Waals surface area (Å²) >= 11 is 0. The van der Waals surface area contributed by atoms with Crippen LogP contribution in [0.15, 0.2) is 53.7 Å². The second kappa shape index (κ2) is 12.1. The van der Waals surface area contributed by atoms with Gasteiger partial charge in [0.1, 0.15) is 17.4 Å². The van der Waals surface area contributed by atoms with Gasteiger partial charge in [-0.3, -0.25) is 0 Å². The summed E-state index contributed by atoms with van der Waals surface area (Å²) in [6, 6.07) is 14.2. The van der Waals surface area contributed by atoms with Crippen molar-refractivity contribution in [3.8, 4) is 23.0 Å². The fourth-order valence-corrected chi connectivity index (χ4v) is 2.75. The van der Waals surface area contributed by atoms with Gasteiger partial charge in [-0.1, -0.05) is 31.1 Å². The molecule has 31 heavy (non-hydrogen) atoms. The average molecular weight is 426 g/mol. The molecule has 0 spiro atoms. The van der Waals surface area contributed by atoms with Gasteiger partial charge in [0.05, 0.1) is 26.1 Å². The number of nitrogens with zero attached hydrogens (tertiary/aromatic N) is 3. The van der Waals surface area contributed by atoms with E-state index in [9.17, 15) is 4.39 Å². The van der Waals surface area contributed by atoms with E-state index in [-0.39, 0.29) is 11.6 Å². The minimum absolute atomic E-state index is 0.150. The van der Waals surface area contributed by atoms with E-state index >= 15 is 0 Å². The van der Waals surface area contributed by atoms with Gasteiger partial charge in [0, 0.05) is 23.7 Å². The molecule has 0 aliphatic carbocycles. The molecule has 0 atom stereocenters. The first-order valence-corrected chi connectivity index (χ1v) is 9.90. The molecule has 0 unspecified atom stereocenters. The van der Waals surface area contributed by atoms with Crippen molar-refractivity contribution in [1.82, 2.24) is 9.97 Å². The monoisotopic (exact) mass is 426 g/mol. The van der Waals surface area contributed by atoms with E-state index < -0.39 is 5.82 Å². The second-order valence-electron chi connectivity index (χ2n) is 6.13. The molecule has 0 saturated carbocycles. The molecule has 2 aromatic carbocycles. The number of hydrogen-bond donors (Lipinski definition) is 2. The molecular formula is C23H27FN4O3. The van der Waals surface area contributed by atoms with Crippen molar-refractivity contribution in [1.29, 1.82) is 0 Å². The Hall–Kier alpha value is -3.68. The molecular weight excluding hydrogens is 399 g/mol. The zero-order chi connectivity index (χ0) is 22.6. The molecule has 0 saturated heterocycles. The average Bonchev–Trinajstić information content (AvgIpc) is 2.82. The Kier molecular flexibility index (Phi) is 9.22. The highest BCUT2D eigenvalue weighted by Crippen LogP contribution is 2.24. The van der Waals surface area contributed by atoms with Crippen LogP contribution in [0, 0.1) is 5.82 Å². The van der Waals surface area contributed by atoms with Crippen LogP contribution < -0.4 is 14.8 Å². The molecule has 1 heterocycles. The van der Waals surface area contributed by atoms with Crippen LogP contribution in [0.2, 0.25) is 0 Å². The minimum Gasteiger partial charge on any atom is -0.497 e. The maximum absolute atomic E-state index is 13.8. The van der Waals surface area contributed by atoms with Crippen molar-refractivity contribution in [3.63, 3.8) is 0 Å². The molecule has 0 bridgehead atoms. The van der Waals surface area contributed by atoms with Gasteiger partial charge in [0.25, 0.3) is 0 Å². The number of nitrogens with one attached hydrogen (secondary N) is 1. The van der Waals surface area contributed by atoms with Gasteiger partial charge in [0.2, 0.25) is 0 Å².